The first-order valence-electron chi connectivity index (χ1n) is 9.49. The highest BCUT2D eigenvalue weighted by Gasteiger charge is 2.24. The van der Waals surface area contributed by atoms with Gasteiger partial charge in [0, 0.05) is 6.04 Å². The normalized spacial score (nSPS) is 23.8. The summed E-state index contributed by atoms with van der Waals surface area (Å²) in [5.41, 5.74) is 1.05. The minimum Gasteiger partial charge on any atom is -0.486 e. The van der Waals surface area contributed by atoms with E-state index in [-0.39, 0.29) is 18.0 Å². The fourth-order valence-electron chi connectivity index (χ4n) is 3.66. The summed E-state index contributed by atoms with van der Waals surface area (Å²) < 4.78 is 11.3. The van der Waals surface area contributed by atoms with Gasteiger partial charge in [-0.05, 0) is 55.2 Å². The third-order valence-corrected chi connectivity index (χ3v) is 5.23. The molecule has 0 aromatic heterocycles. The number of ether oxygens (including phenoxy) is 2. The van der Waals surface area contributed by atoms with E-state index in [1.165, 1.54) is 12.8 Å². The number of nitrogens with one attached hydrogen (secondary N) is 2. The molecule has 1 aromatic carbocycles. The van der Waals surface area contributed by atoms with Crippen LogP contribution in [0.1, 0.15) is 58.1 Å². The molecule has 0 unspecified atom stereocenters. The van der Waals surface area contributed by atoms with Crippen LogP contribution in [0.3, 0.4) is 0 Å². The summed E-state index contributed by atoms with van der Waals surface area (Å²) >= 11 is 0. The lowest BCUT2D eigenvalue weighted by Crippen LogP contribution is -2.45. The Labute approximate surface area is 150 Å². The average Bonchev–Trinajstić information content (AvgIpc) is 2.61. The van der Waals surface area contributed by atoms with Gasteiger partial charge in [0.05, 0.1) is 6.04 Å². The van der Waals surface area contributed by atoms with Crippen LogP contribution in [0.25, 0.3) is 0 Å². The van der Waals surface area contributed by atoms with Crippen molar-refractivity contribution >= 4 is 6.03 Å². The van der Waals surface area contributed by atoms with E-state index in [2.05, 4.69) is 31.4 Å². The van der Waals surface area contributed by atoms with Gasteiger partial charge >= 0.3 is 6.03 Å². The zero-order valence-electron chi connectivity index (χ0n) is 15.5. The number of fused-ring (bicyclic) bond motifs is 1. The minimum absolute atomic E-state index is 0.0571. The SMILES string of the molecule is CC1CCC(NC(=O)N[C@H](c2ccc3c(c2)OCCO3)C(C)C)CC1. The molecule has 5 nitrogen and oxygen atoms in total. The molecule has 1 saturated carbocycles. The van der Waals surface area contributed by atoms with Gasteiger partial charge in [0.25, 0.3) is 0 Å². The van der Waals surface area contributed by atoms with Crippen molar-refractivity contribution in [1.82, 2.24) is 10.6 Å². The molecule has 0 radical (unpaired) electrons. The molecule has 3 rings (SSSR count). The molecule has 0 bridgehead atoms. The standard InChI is InChI=1S/C20H30N2O3/c1-13(2)19(15-6-9-17-18(12-15)25-11-10-24-17)22-20(23)21-16-7-4-14(3)5-8-16/h6,9,12-14,16,19H,4-5,7-8,10-11H2,1-3H3,(H2,21,22,23)/t14?,16?,19-/m0/s1. The van der Waals surface area contributed by atoms with Crippen LogP contribution in [0.4, 0.5) is 4.79 Å². The summed E-state index contributed by atoms with van der Waals surface area (Å²) in [7, 11) is 0. The van der Waals surface area contributed by atoms with Crippen LogP contribution in [-0.2, 0) is 0 Å². The molecule has 0 saturated heterocycles. The summed E-state index contributed by atoms with van der Waals surface area (Å²) in [4.78, 5) is 12.5. The smallest absolute Gasteiger partial charge is 0.315 e. The van der Waals surface area contributed by atoms with Crippen molar-refractivity contribution in [2.24, 2.45) is 11.8 Å². The molecule has 25 heavy (non-hydrogen) atoms. The molecular weight excluding hydrogens is 316 g/mol. The zero-order valence-corrected chi connectivity index (χ0v) is 15.5. The molecule has 5 heteroatoms. The number of amides is 2. The van der Waals surface area contributed by atoms with Gasteiger partial charge in [-0.15, -0.1) is 0 Å². The third kappa shape index (κ3) is 4.59. The monoisotopic (exact) mass is 346 g/mol. The van der Waals surface area contributed by atoms with Crippen LogP contribution in [0.2, 0.25) is 0 Å². The van der Waals surface area contributed by atoms with Crippen LogP contribution < -0.4 is 20.1 Å². The summed E-state index contributed by atoms with van der Waals surface area (Å²) in [6.07, 6.45) is 4.54. The summed E-state index contributed by atoms with van der Waals surface area (Å²) in [6, 6.07) is 6.10. The first-order valence-corrected chi connectivity index (χ1v) is 9.49. The van der Waals surface area contributed by atoms with Crippen molar-refractivity contribution in [2.75, 3.05) is 13.2 Å². The quantitative estimate of drug-likeness (QED) is 0.865. The second-order valence-corrected chi connectivity index (χ2v) is 7.70. The van der Waals surface area contributed by atoms with Gasteiger partial charge in [0.15, 0.2) is 11.5 Å². The second-order valence-electron chi connectivity index (χ2n) is 7.70. The second kappa shape index (κ2) is 7.98. The molecule has 1 atom stereocenters. The Balaban J connectivity index is 1.64. The number of carbonyl (C=O) groups is 1. The summed E-state index contributed by atoms with van der Waals surface area (Å²) in [5, 5.41) is 6.30. The molecule has 1 aliphatic heterocycles. The number of hydrogen-bond donors (Lipinski definition) is 2. The maximum atomic E-state index is 12.5. The Morgan fingerprint density at radius 2 is 1.76 bits per heavy atom. The molecule has 1 heterocycles. The molecule has 1 aliphatic carbocycles. The lowest BCUT2D eigenvalue weighted by atomic mass is 9.87. The first kappa shape index (κ1) is 17.9. The molecule has 0 spiro atoms. The molecule has 2 aliphatic rings. The zero-order chi connectivity index (χ0) is 17.8. The van der Waals surface area contributed by atoms with Gasteiger partial charge in [-0.2, -0.15) is 0 Å². The molecule has 1 fully saturated rings. The van der Waals surface area contributed by atoms with E-state index < -0.39 is 0 Å². The fourth-order valence-corrected chi connectivity index (χ4v) is 3.66. The molecule has 138 valence electrons. The van der Waals surface area contributed by atoms with Gasteiger partial charge in [-0.25, -0.2) is 4.79 Å². The highest BCUT2D eigenvalue weighted by atomic mass is 16.6. The van der Waals surface area contributed by atoms with Crippen LogP contribution in [0, 0.1) is 11.8 Å². The Morgan fingerprint density at radius 1 is 1.08 bits per heavy atom. The molecule has 2 amide bonds. The van der Waals surface area contributed by atoms with Gasteiger partial charge in [-0.1, -0.05) is 26.8 Å². The van der Waals surface area contributed by atoms with E-state index in [0.29, 0.717) is 19.3 Å². The average molecular weight is 346 g/mol. The lowest BCUT2D eigenvalue weighted by molar-refractivity contribution is 0.171. The largest absolute Gasteiger partial charge is 0.486 e. The van der Waals surface area contributed by atoms with E-state index >= 15 is 0 Å². The van der Waals surface area contributed by atoms with Crippen molar-refractivity contribution in [3.63, 3.8) is 0 Å². The van der Waals surface area contributed by atoms with Gasteiger partial charge < -0.3 is 20.1 Å². The number of rotatable bonds is 4. The highest BCUT2D eigenvalue weighted by Crippen LogP contribution is 2.34. The van der Waals surface area contributed by atoms with E-state index in [1.807, 2.05) is 18.2 Å². The maximum Gasteiger partial charge on any atom is 0.315 e. The van der Waals surface area contributed by atoms with Gasteiger partial charge in [0.1, 0.15) is 13.2 Å². The van der Waals surface area contributed by atoms with E-state index in [4.69, 9.17) is 9.47 Å². The molecule has 2 N–H and O–H groups in total. The number of hydrogen-bond acceptors (Lipinski definition) is 3. The Hall–Kier alpha value is -1.91. The maximum absolute atomic E-state index is 12.5. The van der Waals surface area contributed by atoms with Crippen LogP contribution in [0.5, 0.6) is 11.5 Å². The van der Waals surface area contributed by atoms with Gasteiger partial charge in [0.2, 0.25) is 0 Å². The predicted octanol–water partition coefficient (Wildman–Crippen LogP) is 4.03. The topological polar surface area (TPSA) is 59.6 Å². The summed E-state index contributed by atoms with van der Waals surface area (Å²) in [5.74, 6) is 2.60. The van der Waals surface area contributed by atoms with Gasteiger partial charge in [-0.3, -0.25) is 0 Å². The molecular formula is C20H30N2O3. The van der Waals surface area contributed by atoms with E-state index in [9.17, 15) is 4.79 Å². The summed E-state index contributed by atoms with van der Waals surface area (Å²) in [6.45, 7) is 7.67. The Kier molecular flexibility index (Phi) is 5.71. The van der Waals surface area contributed by atoms with Crippen molar-refractivity contribution in [3.05, 3.63) is 23.8 Å². The van der Waals surface area contributed by atoms with Crippen molar-refractivity contribution in [1.29, 1.82) is 0 Å². The minimum atomic E-state index is -0.0758. The van der Waals surface area contributed by atoms with Crippen molar-refractivity contribution in [3.8, 4) is 11.5 Å². The van der Waals surface area contributed by atoms with Crippen LogP contribution in [0.15, 0.2) is 18.2 Å². The highest BCUT2D eigenvalue weighted by molar-refractivity contribution is 5.75. The van der Waals surface area contributed by atoms with Crippen molar-refractivity contribution in [2.45, 2.75) is 58.5 Å². The van der Waals surface area contributed by atoms with Crippen molar-refractivity contribution < 1.29 is 14.3 Å². The first-order chi connectivity index (χ1) is 12.0. The van der Waals surface area contributed by atoms with E-state index in [0.717, 1.165) is 35.8 Å². The Bertz CT molecular complexity index is 595. The van der Waals surface area contributed by atoms with Crippen LogP contribution in [-0.4, -0.2) is 25.3 Å². The van der Waals surface area contributed by atoms with E-state index in [1.54, 1.807) is 0 Å². The van der Waals surface area contributed by atoms with Crippen LogP contribution >= 0.6 is 0 Å². The number of benzene rings is 1. The number of urea groups is 1. The third-order valence-electron chi connectivity index (χ3n) is 5.23. The Morgan fingerprint density at radius 3 is 2.44 bits per heavy atom. The lowest BCUT2D eigenvalue weighted by Gasteiger charge is -2.29. The molecule has 1 aromatic rings. The fraction of sp³-hybridized carbons (Fsp3) is 0.650. The predicted molar refractivity (Wildman–Crippen MR) is 98.1 cm³/mol. The number of carbonyl (C=O) groups excluding carboxylic acids is 1.